The molecule has 0 saturated carbocycles. The Balaban J connectivity index is 1.96. The predicted octanol–water partition coefficient (Wildman–Crippen LogP) is 2.42. The SMILES string of the molecule is CCNC(=NCc1cccnc1N1CCOCC1)NCCC(OCC)C(C)C. The van der Waals surface area contributed by atoms with Gasteiger partial charge in [-0.25, -0.2) is 9.98 Å². The lowest BCUT2D eigenvalue weighted by Crippen LogP contribution is -2.39. The molecule has 1 aliphatic heterocycles. The lowest BCUT2D eigenvalue weighted by Gasteiger charge is -2.29. The van der Waals surface area contributed by atoms with Gasteiger partial charge in [-0.1, -0.05) is 19.9 Å². The summed E-state index contributed by atoms with van der Waals surface area (Å²) in [6, 6.07) is 4.08. The molecule has 7 nitrogen and oxygen atoms in total. The molecule has 0 aliphatic carbocycles. The van der Waals surface area contributed by atoms with Gasteiger partial charge in [-0.2, -0.15) is 0 Å². The summed E-state index contributed by atoms with van der Waals surface area (Å²) in [6.07, 6.45) is 3.08. The molecule has 1 aliphatic rings. The third-order valence-electron chi connectivity index (χ3n) is 4.78. The fourth-order valence-electron chi connectivity index (χ4n) is 3.28. The second-order valence-electron chi connectivity index (χ2n) is 7.23. The van der Waals surface area contributed by atoms with E-state index >= 15 is 0 Å². The van der Waals surface area contributed by atoms with E-state index in [1.807, 2.05) is 19.2 Å². The summed E-state index contributed by atoms with van der Waals surface area (Å²) in [7, 11) is 0. The third kappa shape index (κ3) is 7.28. The minimum Gasteiger partial charge on any atom is -0.378 e. The highest BCUT2D eigenvalue weighted by atomic mass is 16.5. The summed E-state index contributed by atoms with van der Waals surface area (Å²) in [5.41, 5.74) is 1.14. The van der Waals surface area contributed by atoms with Gasteiger partial charge in [0.1, 0.15) is 5.82 Å². The Labute approximate surface area is 169 Å². The van der Waals surface area contributed by atoms with E-state index in [0.29, 0.717) is 12.5 Å². The average Bonchev–Trinajstić information content (AvgIpc) is 2.72. The lowest BCUT2D eigenvalue weighted by atomic mass is 10.0. The molecule has 1 unspecified atom stereocenters. The molecule has 0 radical (unpaired) electrons. The number of aromatic nitrogens is 1. The van der Waals surface area contributed by atoms with E-state index in [1.165, 1.54) is 0 Å². The molecule has 158 valence electrons. The van der Waals surface area contributed by atoms with Crippen LogP contribution in [0.1, 0.15) is 39.7 Å². The maximum atomic E-state index is 5.83. The van der Waals surface area contributed by atoms with Crippen molar-refractivity contribution in [3.05, 3.63) is 23.9 Å². The predicted molar refractivity (Wildman–Crippen MR) is 115 cm³/mol. The fraction of sp³-hybridized carbons (Fsp3) is 0.714. The Morgan fingerprint density at radius 3 is 2.75 bits per heavy atom. The number of ether oxygens (including phenoxy) is 2. The molecule has 1 aromatic heterocycles. The number of nitrogens with zero attached hydrogens (tertiary/aromatic N) is 3. The second kappa shape index (κ2) is 12.6. The van der Waals surface area contributed by atoms with Gasteiger partial charge < -0.3 is 25.0 Å². The molecule has 1 atom stereocenters. The molecule has 2 rings (SSSR count). The molecule has 0 spiro atoms. The number of nitrogens with one attached hydrogen (secondary N) is 2. The number of hydrogen-bond acceptors (Lipinski definition) is 5. The first-order valence-electron chi connectivity index (χ1n) is 10.6. The van der Waals surface area contributed by atoms with E-state index in [1.54, 1.807) is 0 Å². The first-order chi connectivity index (χ1) is 13.7. The van der Waals surface area contributed by atoms with Gasteiger partial charge in [-0.15, -0.1) is 0 Å². The van der Waals surface area contributed by atoms with E-state index in [9.17, 15) is 0 Å². The van der Waals surface area contributed by atoms with Crippen molar-refractivity contribution in [2.45, 2.75) is 46.8 Å². The molecule has 0 aromatic carbocycles. The quantitative estimate of drug-likeness (QED) is 0.471. The minimum absolute atomic E-state index is 0.270. The Morgan fingerprint density at radius 2 is 2.07 bits per heavy atom. The van der Waals surface area contributed by atoms with Crippen LogP contribution >= 0.6 is 0 Å². The highest BCUT2D eigenvalue weighted by Gasteiger charge is 2.16. The number of rotatable bonds is 10. The lowest BCUT2D eigenvalue weighted by molar-refractivity contribution is 0.0258. The second-order valence-corrected chi connectivity index (χ2v) is 7.23. The van der Waals surface area contributed by atoms with E-state index < -0.39 is 0 Å². The molecular weight excluding hydrogens is 354 g/mol. The molecule has 0 bridgehead atoms. The average molecular weight is 392 g/mol. The maximum absolute atomic E-state index is 5.83. The first-order valence-corrected chi connectivity index (χ1v) is 10.6. The van der Waals surface area contributed by atoms with E-state index in [0.717, 1.165) is 69.8 Å². The van der Waals surface area contributed by atoms with Crippen LogP contribution < -0.4 is 15.5 Å². The van der Waals surface area contributed by atoms with Gasteiger partial charge in [-0.3, -0.25) is 0 Å². The van der Waals surface area contributed by atoms with Crippen LogP contribution in [0.25, 0.3) is 0 Å². The van der Waals surface area contributed by atoms with Crippen LogP contribution in [-0.4, -0.2) is 63.0 Å². The summed E-state index contributed by atoms with van der Waals surface area (Å²) in [4.78, 5) is 11.7. The molecule has 2 heterocycles. The van der Waals surface area contributed by atoms with E-state index in [4.69, 9.17) is 14.5 Å². The van der Waals surface area contributed by atoms with Crippen LogP contribution in [0.2, 0.25) is 0 Å². The van der Waals surface area contributed by atoms with Crippen LogP contribution in [-0.2, 0) is 16.0 Å². The van der Waals surface area contributed by atoms with Gasteiger partial charge in [0.2, 0.25) is 0 Å². The molecule has 7 heteroatoms. The smallest absolute Gasteiger partial charge is 0.191 e. The molecule has 1 aromatic rings. The number of morpholine rings is 1. The summed E-state index contributed by atoms with van der Waals surface area (Å²) >= 11 is 0. The monoisotopic (exact) mass is 391 g/mol. The van der Waals surface area contributed by atoms with Crippen molar-refractivity contribution >= 4 is 11.8 Å². The van der Waals surface area contributed by atoms with Crippen LogP contribution in [0, 0.1) is 5.92 Å². The normalized spacial score (nSPS) is 16.3. The largest absolute Gasteiger partial charge is 0.378 e. The number of aliphatic imine (C=N–C) groups is 1. The molecule has 0 amide bonds. The van der Waals surface area contributed by atoms with Gasteiger partial charge >= 0.3 is 0 Å². The molecule has 1 saturated heterocycles. The zero-order valence-corrected chi connectivity index (χ0v) is 17.9. The van der Waals surface area contributed by atoms with E-state index in [-0.39, 0.29) is 6.10 Å². The van der Waals surface area contributed by atoms with Crippen molar-refractivity contribution in [3.8, 4) is 0 Å². The highest BCUT2D eigenvalue weighted by molar-refractivity contribution is 5.79. The number of hydrogen-bond donors (Lipinski definition) is 2. The Bertz CT molecular complexity index is 588. The van der Waals surface area contributed by atoms with Crippen molar-refractivity contribution in [3.63, 3.8) is 0 Å². The standard InChI is InChI=1S/C21H37N5O2/c1-5-22-21(24-11-9-19(17(3)4)28-6-2)25-16-18-8-7-10-23-20(18)26-12-14-27-15-13-26/h7-8,10,17,19H,5-6,9,11-16H2,1-4H3,(H2,22,24,25). The molecular formula is C21H37N5O2. The summed E-state index contributed by atoms with van der Waals surface area (Å²) in [6.45, 7) is 14.8. The van der Waals surface area contributed by atoms with Gasteiger partial charge in [0.05, 0.1) is 25.9 Å². The van der Waals surface area contributed by atoms with Gasteiger partial charge in [0.15, 0.2) is 5.96 Å². The zero-order chi connectivity index (χ0) is 20.2. The maximum Gasteiger partial charge on any atom is 0.191 e. The molecule has 1 fully saturated rings. The summed E-state index contributed by atoms with van der Waals surface area (Å²) in [5.74, 6) is 2.35. The van der Waals surface area contributed by atoms with Crippen molar-refractivity contribution in [1.29, 1.82) is 0 Å². The highest BCUT2D eigenvalue weighted by Crippen LogP contribution is 2.19. The van der Waals surface area contributed by atoms with Crippen molar-refractivity contribution < 1.29 is 9.47 Å². The van der Waals surface area contributed by atoms with Gasteiger partial charge in [0, 0.05) is 44.5 Å². The number of anilines is 1. The molecule has 28 heavy (non-hydrogen) atoms. The topological polar surface area (TPSA) is 71.0 Å². The van der Waals surface area contributed by atoms with E-state index in [2.05, 4.69) is 47.4 Å². The minimum atomic E-state index is 0.270. The van der Waals surface area contributed by atoms with Crippen LogP contribution in [0.15, 0.2) is 23.3 Å². The fourth-order valence-corrected chi connectivity index (χ4v) is 3.28. The van der Waals surface area contributed by atoms with Crippen LogP contribution in [0.5, 0.6) is 0 Å². The summed E-state index contributed by atoms with van der Waals surface area (Å²) in [5, 5.41) is 6.77. The zero-order valence-electron chi connectivity index (χ0n) is 17.9. The van der Waals surface area contributed by atoms with Crippen LogP contribution in [0.4, 0.5) is 5.82 Å². The molecule has 2 N–H and O–H groups in total. The first kappa shape index (κ1) is 22.4. The van der Waals surface area contributed by atoms with Crippen molar-refractivity contribution in [2.24, 2.45) is 10.9 Å². The van der Waals surface area contributed by atoms with Crippen molar-refractivity contribution in [2.75, 3.05) is 50.9 Å². The number of pyridine rings is 1. The Kier molecular flexibility index (Phi) is 10.1. The van der Waals surface area contributed by atoms with Gasteiger partial charge in [-0.05, 0) is 32.3 Å². The number of guanidine groups is 1. The van der Waals surface area contributed by atoms with Gasteiger partial charge in [0.25, 0.3) is 0 Å². The summed E-state index contributed by atoms with van der Waals surface area (Å²) < 4.78 is 11.3. The third-order valence-corrected chi connectivity index (χ3v) is 4.78. The van der Waals surface area contributed by atoms with Crippen molar-refractivity contribution in [1.82, 2.24) is 15.6 Å². The van der Waals surface area contributed by atoms with Crippen LogP contribution in [0.3, 0.4) is 0 Å². The Morgan fingerprint density at radius 1 is 1.29 bits per heavy atom. The Hall–Kier alpha value is -1.86.